The first kappa shape index (κ1) is 16.2. The van der Waals surface area contributed by atoms with Gasteiger partial charge in [-0.3, -0.25) is 4.79 Å². The van der Waals surface area contributed by atoms with Gasteiger partial charge in [0.15, 0.2) is 0 Å². The summed E-state index contributed by atoms with van der Waals surface area (Å²) in [4.78, 5) is 11.0. The first-order valence-electron chi connectivity index (χ1n) is 5.42. The second-order valence-corrected chi connectivity index (χ2v) is 4.07. The molecule has 0 aliphatic carbocycles. The van der Waals surface area contributed by atoms with E-state index in [1.165, 1.54) is 0 Å². The molecule has 0 heterocycles. The predicted octanol–water partition coefficient (Wildman–Crippen LogP) is 1.20. The summed E-state index contributed by atoms with van der Waals surface area (Å²) in [6.07, 6.45) is -5.16. The lowest BCUT2D eigenvalue weighted by Crippen LogP contribution is -2.47. The topological polar surface area (TPSA) is 64.3 Å². The quantitative estimate of drug-likeness (QED) is 0.641. The molecule has 0 saturated heterocycles. The highest BCUT2D eigenvalue weighted by molar-refractivity contribution is 5.80. The molecule has 0 aliphatic heterocycles. The first-order valence-corrected chi connectivity index (χ1v) is 5.42. The number of hydrogen-bond donors (Lipinski definition) is 2. The highest BCUT2D eigenvalue weighted by Crippen LogP contribution is 2.20. The van der Waals surface area contributed by atoms with Crippen molar-refractivity contribution >= 4 is 5.91 Å². The molecule has 0 spiro atoms. The Morgan fingerprint density at radius 3 is 2.41 bits per heavy atom. The third-order valence-corrected chi connectivity index (χ3v) is 1.91. The second kappa shape index (κ2) is 7.50. The molecule has 1 amide bonds. The Labute approximate surface area is 98.7 Å². The Bertz CT molecular complexity index is 232. The predicted molar refractivity (Wildman–Crippen MR) is 57.4 cm³/mol. The average Bonchev–Trinajstić information content (AvgIpc) is 2.12. The van der Waals surface area contributed by atoms with Gasteiger partial charge in [0.1, 0.15) is 6.04 Å². The van der Waals surface area contributed by atoms with Gasteiger partial charge in [-0.1, -0.05) is 13.8 Å². The minimum Gasteiger partial charge on any atom is -0.379 e. The minimum atomic E-state index is -4.16. The van der Waals surface area contributed by atoms with E-state index in [0.29, 0.717) is 0 Å². The number of rotatable bonds is 8. The number of alkyl halides is 3. The van der Waals surface area contributed by atoms with Crippen LogP contribution in [0, 0.1) is 0 Å². The number of primary amides is 1. The summed E-state index contributed by atoms with van der Waals surface area (Å²) in [5, 5.41) is 2.86. The number of carbonyl (C=O) groups excluding carboxylic acids is 1. The Morgan fingerprint density at radius 1 is 1.41 bits per heavy atom. The van der Waals surface area contributed by atoms with E-state index in [2.05, 4.69) is 5.32 Å². The molecule has 0 radical (unpaired) electrons. The molecule has 0 fully saturated rings. The van der Waals surface area contributed by atoms with Crippen molar-refractivity contribution in [2.75, 3.05) is 13.2 Å². The summed E-state index contributed by atoms with van der Waals surface area (Å²) >= 11 is 0. The van der Waals surface area contributed by atoms with Crippen molar-refractivity contribution in [3.8, 4) is 0 Å². The van der Waals surface area contributed by atoms with Crippen LogP contribution < -0.4 is 11.1 Å². The highest BCUT2D eigenvalue weighted by Gasteiger charge is 2.26. The van der Waals surface area contributed by atoms with Gasteiger partial charge >= 0.3 is 6.18 Å². The van der Waals surface area contributed by atoms with Crippen LogP contribution in [0.15, 0.2) is 0 Å². The monoisotopic (exact) mass is 256 g/mol. The summed E-state index contributed by atoms with van der Waals surface area (Å²) in [5.41, 5.74) is 5.11. The van der Waals surface area contributed by atoms with Gasteiger partial charge in [-0.25, -0.2) is 0 Å². The standard InChI is InChI=1S/C10H19F3N2O2/c1-7(2)15-8(9(14)16)6-17-5-3-4-10(11,12)13/h7-8,15H,3-6H2,1-2H3,(H2,14,16). The van der Waals surface area contributed by atoms with Crippen LogP contribution in [0.1, 0.15) is 26.7 Å². The molecule has 0 aromatic carbocycles. The smallest absolute Gasteiger partial charge is 0.379 e. The van der Waals surface area contributed by atoms with Crippen LogP contribution in [0.2, 0.25) is 0 Å². The van der Waals surface area contributed by atoms with Crippen LogP contribution in [0.4, 0.5) is 13.2 Å². The van der Waals surface area contributed by atoms with Gasteiger partial charge in [0, 0.05) is 19.1 Å². The summed E-state index contributed by atoms with van der Waals surface area (Å²) in [5.74, 6) is -0.575. The molecule has 1 unspecified atom stereocenters. The lowest BCUT2D eigenvalue weighted by atomic mass is 10.2. The fourth-order valence-electron chi connectivity index (χ4n) is 1.19. The SMILES string of the molecule is CC(C)NC(COCCCC(F)(F)F)C(N)=O. The number of ether oxygens (including phenoxy) is 1. The molecule has 102 valence electrons. The number of hydrogen-bond acceptors (Lipinski definition) is 3. The number of nitrogens with one attached hydrogen (secondary N) is 1. The van der Waals surface area contributed by atoms with Gasteiger partial charge in [0.25, 0.3) is 0 Å². The van der Waals surface area contributed by atoms with E-state index in [-0.39, 0.29) is 25.7 Å². The van der Waals surface area contributed by atoms with E-state index in [0.717, 1.165) is 0 Å². The highest BCUT2D eigenvalue weighted by atomic mass is 19.4. The normalized spacial score (nSPS) is 14.0. The number of carbonyl (C=O) groups is 1. The Hall–Kier alpha value is -0.820. The molecule has 7 heteroatoms. The van der Waals surface area contributed by atoms with Crippen molar-refractivity contribution in [3.05, 3.63) is 0 Å². The molecule has 0 bridgehead atoms. The average molecular weight is 256 g/mol. The zero-order chi connectivity index (χ0) is 13.5. The minimum absolute atomic E-state index is 0.00856. The Balaban J connectivity index is 3.72. The third kappa shape index (κ3) is 10.1. The van der Waals surface area contributed by atoms with Crippen molar-refractivity contribution in [3.63, 3.8) is 0 Å². The van der Waals surface area contributed by atoms with E-state index in [9.17, 15) is 18.0 Å². The van der Waals surface area contributed by atoms with Crippen molar-refractivity contribution in [1.29, 1.82) is 0 Å². The van der Waals surface area contributed by atoms with Gasteiger partial charge < -0.3 is 15.8 Å². The van der Waals surface area contributed by atoms with Crippen LogP contribution in [0.25, 0.3) is 0 Å². The van der Waals surface area contributed by atoms with Gasteiger partial charge in [0.2, 0.25) is 5.91 Å². The summed E-state index contributed by atoms with van der Waals surface area (Å²) in [6, 6.07) is -0.618. The molecule has 1 atom stereocenters. The lowest BCUT2D eigenvalue weighted by molar-refractivity contribution is -0.138. The van der Waals surface area contributed by atoms with Crippen LogP contribution in [0.3, 0.4) is 0 Å². The van der Waals surface area contributed by atoms with Crippen molar-refractivity contribution in [2.24, 2.45) is 5.73 Å². The maximum absolute atomic E-state index is 11.8. The van der Waals surface area contributed by atoms with Crippen LogP contribution >= 0.6 is 0 Å². The van der Waals surface area contributed by atoms with Crippen LogP contribution in [-0.4, -0.2) is 37.4 Å². The van der Waals surface area contributed by atoms with E-state index < -0.39 is 24.5 Å². The summed E-state index contributed by atoms with van der Waals surface area (Å²) in [7, 11) is 0. The van der Waals surface area contributed by atoms with Crippen LogP contribution in [-0.2, 0) is 9.53 Å². The van der Waals surface area contributed by atoms with Crippen molar-refractivity contribution in [2.45, 2.75) is 44.9 Å². The number of amides is 1. The zero-order valence-electron chi connectivity index (χ0n) is 10.0. The van der Waals surface area contributed by atoms with Gasteiger partial charge in [-0.15, -0.1) is 0 Å². The van der Waals surface area contributed by atoms with Crippen molar-refractivity contribution < 1.29 is 22.7 Å². The van der Waals surface area contributed by atoms with E-state index in [4.69, 9.17) is 10.5 Å². The summed E-state index contributed by atoms with van der Waals surface area (Å²) in [6.45, 7) is 3.62. The van der Waals surface area contributed by atoms with Crippen molar-refractivity contribution in [1.82, 2.24) is 5.32 Å². The molecule has 4 nitrogen and oxygen atoms in total. The van der Waals surface area contributed by atoms with Gasteiger partial charge in [0.05, 0.1) is 6.61 Å². The molecule has 0 rings (SSSR count). The molecular formula is C10H19F3N2O2. The van der Waals surface area contributed by atoms with E-state index >= 15 is 0 Å². The molecule has 0 aromatic heterocycles. The van der Waals surface area contributed by atoms with Gasteiger partial charge in [-0.2, -0.15) is 13.2 Å². The molecule has 17 heavy (non-hydrogen) atoms. The Kier molecular flexibility index (Phi) is 7.13. The molecule has 0 aliphatic rings. The Morgan fingerprint density at radius 2 is 2.00 bits per heavy atom. The number of halogens is 3. The number of nitrogens with two attached hydrogens (primary N) is 1. The van der Waals surface area contributed by atoms with E-state index in [1.54, 1.807) is 0 Å². The zero-order valence-corrected chi connectivity index (χ0v) is 10.0. The third-order valence-electron chi connectivity index (χ3n) is 1.91. The fraction of sp³-hybridized carbons (Fsp3) is 0.900. The largest absolute Gasteiger partial charge is 0.389 e. The maximum atomic E-state index is 11.8. The summed E-state index contributed by atoms with van der Waals surface area (Å²) < 4.78 is 40.4. The fourth-order valence-corrected chi connectivity index (χ4v) is 1.19. The molecule has 0 saturated carbocycles. The maximum Gasteiger partial charge on any atom is 0.389 e. The lowest BCUT2D eigenvalue weighted by Gasteiger charge is -2.18. The molecule has 0 aromatic rings. The van der Waals surface area contributed by atoms with Crippen LogP contribution in [0.5, 0.6) is 0 Å². The molecular weight excluding hydrogens is 237 g/mol. The van der Waals surface area contributed by atoms with Gasteiger partial charge in [-0.05, 0) is 6.42 Å². The second-order valence-electron chi connectivity index (χ2n) is 4.07. The molecule has 3 N–H and O–H groups in total. The first-order chi connectivity index (χ1) is 7.72. The van der Waals surface area contributed by atoms with E-state index in [1.807, 2.05) is 13.8 Å².